The Hall–Kier alpha value is -1.22. The van der Waals surface area contributed by atoms with Crippen LogP contribution >= 0.6 is 0 Å². The van der Waals surface area contributed by atoms with E-state index in [4.69, 9.17) is 0 Å². The van der Waals surface area contributed by atoms with E-state index in [-0.39, 0.29) is 0 Å². The maximum Gasteiger partial charge on any atom is 0.120 e. The van der Waals surface area contributed by atoms with Crippen molar-refractivity contribution in [2.45, 2.75) is 46.1 Å². The highest BCUT2D eigenvalue weighted by atomic mass is 16.3. The second-order valence-electron chi connectivity index (χ2n) is 6.14. The van der Waals surface area contributed by atoms with Crippen LogP contribution in [-0.4, -0.2) is 35.7 Å². The van der Waals surface area contributed by atoms with E-state index in [1.165, 1.54) is 38.9 Å². The molecule has 1 fully saturated rings. The van der Waals surface area contributed by atoms with Crippen molar-refractivity contribution in [1.82, 2.24) is 4.90 Å². The molecule has 1 heterocycles. The molecule has 1 aliphatic heterocycles. The Labute approximate surface area is 123 Å². The first-order chi connectivity index (χ1) is 9.60. The molecule has 0 radical (unpaired) electrons. The van der Waals surface area contributed by atoms with Gasteiger partial charge in [-0.25, -0.2) is 0 Å². The fourth-order valence-corrected chi connectivity index (χ4v) is 3.10. The van der Waals surface area contributed by atoms with Crippen LogP contribution in [0.1, 0.15) is 38.7 Å². The zero-order valence-electron chi connectivity index (χ0n) is 13.0. The van der Waals surface area contributed by atoms with Crippen molar-refractivity contribution in [1.29, 1.82) is 0 Å². The zero-order valence-corrected chi connectivity index (χ0v) is 13.0. The maximum atomic E-state index is 9.79. The Bertz CT molecular complexity index is 431. The monoisotopic (exact) mass is 276 g/mol. The Morgan fingerprint density at radius 3 is 2.95 bits per heavy atom. The standard InChI is InChI=1S/C17H28N2O/c1-4-9-19-10-5-6-15(12-19)14(3)18-16-8-7-13(2)17(20)11-16/h7-8,11,14-15,18,20H,4-6,9-10,12H2,1-3H3. The normalized spacial score (nSPS) is 21.6. The number of nitrogens with zero attached hydrogens (tertiary/aromatic N) is 1. The molecule has 1 aliphatic rings. The van der Waals surface area contributed by atoms with Gasteiger partial charge in [0.2, 0.25) is 0 Å². The van der Waals surface area contributed by atoms with Gasteiger partial charge in [-0.15, -0.1) is 0 Å². The molecule has 2 atom stereocenters. The molecule has 2 N–H and O–H groups in total. The van der Waals surface area contributed by atoms with Crippen LogP contribution < -0.4 is 5.32 Å². The van der Waals surface area contributed by atoms with Crippen molar-refractivity contribution < 1.29 is 5.11 Å². The average Bonchev–Trinajstić information content (AvgIpc) is 2.43. The number of phenols is 1. The number of benzene rings is 1. The van der Waals surface area contributed by atoms with Crippen molar-refractivity contribution in [3.8, 4) is 5.75 Å². The molecule has 20 heavy (non-hydrogen) atoms. The van der Waals surface area contributed by atoms with Crippen molar-refractivity contribution in [3.05, 3.63) is 23.8 Å². The lowest BCUT2D eigenvalue weighted by Gasteiger charge is -2.36. The van der Waals surface area contributed by atoms with Gasteiger partial charge in [0.1, 0.15) is 5.75 Å². The van der Waals surface area contributed by atoms with Crippen LogP contribution in [0.25, 0.3) is 0 Å². The minimum absolute atomic E-state index is 0.374. The summed E-state index contributed by atoms with van der Waals surface area (Å²) in [4.78, 5) is 2.58. The molecule has 0 aliphatic carbocycles. The number of rotatable bonds is 5. The molecule has 1 aromatic carbocycles. The van der Waals surface area contributed by atoms with Crippen molar-refractivity contribution in [2.24, 2.45) is 5.92 Å². The SMILES string of the molecule is CCCN1CCCC(C(C)Nc2ccc(C)c(O)c2)C1. The lowest BCUT2D eigenvalue weighted by atomic mass is 9.91. The number of hydrogen-bond acceptors (Lipinski definition) is 3. The predicted molar refractivity (Wildman–Crippen MR) is 85.4 cm³/mol. The molecule has 112 valence electrons. The molecule has 0 amide bonds. The van der Waals surface area contributed by atoms with Crippen molar-refractivity contribution in [3.63, 3.8) is 0 Å². The van der Waals surface area contributed by atoms with Crippen LogP contribution in [-0.2, 0) is 0 Å². The van der Waals surface area contributed by atoms with Crippen molar-refractivity contribution >= 4 is 5.69 Å². The molecule has 0 saturated carbocycles. The molecule has 1 saturated heterocycles. The number of phenolic OH excluding ortho intramolecular Hbond substituents is 1. The third-order valence-electron chi connectivity index (χ3n) is 4.39. The highest BCUT2D eigenvalue weighted by Gasteiger charge is 2.24. The summed E-state index contributed by atoms with van der Waals surface area (Å²) in [7, 11) is 0. The summed E-state index contributed by atoms with van der Waals surface area (Å²) in [6.07, 6.45) is 3.84. The van der Waals surface area contributed by atoms with Gasteiger partial charge in [-0.1, -0.05) is 13.0 Å². The molecule has 1 aromatic rings. The Morgan fingerprint density at radius 2 is 2.25 bits per heavy atom. The van der Waals surface area contributed by atoms with E-state index in [2.05, 4.69) is 30.1 Å². The van der Waals surface area contributed by atoms with Crippen LogP contribution in [0.4, 0.5) is 5.69 Å². The zero-order chi connectivity index (χ0) is 14.5. The predicted octanol–water partition coefficient (Wildman–Crippen LogP) is 3.62. The van der Waals surface area contributed by atoms with Gasteiger partial charge in [-0.3, -0.25) is 0 Å². The highest BCUT2D eigenvalue weighted by molar-refractivity contribution is 5.51. The summed E-state index contributed by atoms with van der Waals surface area (Å²) >= 11 is 0. The topological polar surface area (TPSA) is 35.5 Å². The van der Waals surface area contributed by atoms with Crippen LogP contribution in [0.3, 0.4) is 0 Å². The number of hydrogen-bond donors (Lipinski definition) is 2. The fraction of sp³-hybridized carbons (Fsp3) is 0.647. The molecule has 2 unspecified atom stereocenters. The van der Waals surface area contributed by atoms with Crippen LogP contribution in [0.2, 0.25) is 0 Å². The maximum absolute atomic E-state index is 9.79. The van der Waals surface area contributed by atoms with Crippen LogP contribution in [0, 0.1) is 12.8 Å². The number of aromatic hydroxyl groups is 1. The van der Waals surface area contributed by atoms with Crippen LogP contribution in [0.15, 0.2) is 18.2 Å². The summed E-state index contributed by atoms with van der Waals surface area (Å²) in [6, 6.07) is 6.29. The van der Waals surface area contributed by atoms with E-state index in [1.54, 1.807) is 0 Å². The first-order valence-corrected chi connectivity index (χ1v) is 7.88. The third-order valence-corrected chi connectivity index (χ3v) is 4.39. The van der Waals surface area contributed by atoms with Gasteiger partial charge < -0.3 is 15.3 Å². The van der Waals surface area contributed by atoms with E-state index < -0.39 is 0 Å². The number of piperidine rings is 1. The second-order valence-corrected chi connectivity index (χ2v) is 6.14. The molecule has 3 heteroatoms. The number of aryl methyl sites for hydroxylation is 1. The molecule has 3 nitrogen and oxygen atoms in total. The second kappa shape index (κ2) is 6.98. The largest absolute Gasteiger partial charge is 0.508 e. The molecule has 0 spiro atoms. The summed E-state index contributed by atoms with van der Waals surface area (Å²) in [5.74, 6) is 1.07. The minimum Gasteiger partial charge on any atom is -0.508 e. The third kappa shape index (κ3) is 3.89. The van der Waals surface area contributed by atoms with Gasteiger partial charge in [0.25, 0.3) is 0 Å². The minimum atomic E-state index is 0.374. The lowest BCUT2D eigenvalue weighted by molar-refractivity contribution is 0.165. The number of likely N-dealkylation sites (tertiary alicyclic amines) is 1. The van der Waals surface area contributed by atoms with Crippen molar-refractivity contribution in [2.75, 3.05) is 25.0 Å². The molecule has 0 aromatic heterocycles. The van der Waals surface area contributed by atoms with E-state index in [0.717, 1.165) is 11.3 Å². The Balaban J connectivity index is 1.93. The van der Waals surface area contributed by atoms with E-state index >= 15 is 0 Å². The summed E-state index contributed by atoms with van der Waals surface area (Å²) in [6.45, 7) is 10.1. The molecular formula is C17H28N2O. The van der Waals surface area contributed by atoms with Gasteiger partial charge in [0.15, 0.2) is 0 Å². The van der Waals surface area contributed by atoms with Gasteiger partial charge in [0, 0.05) is 24.3 Å². The fourth-order valence-electron chi connectivity index (χ4n) is 3.10. The number of anilines is 1. The average molecular weight is 276 g/mol. The Kier molecular flexibility index (Phi) is 5.30. The van der Waals surface area contributed by atoms with Crippen LogP contribution in [0.5, 0.6) is 5.75 Å². The van der Waals surface area contributed by atoms with E-state index in [9.17, 15) is 5.11 Å². The lowest BCUT2D eigenvalue weighted by Crippen LogP contribution is -2.42. The van der Waals surface area contributed by atoms with E-state index in [0.29, 0.717) is 17.7 Å². The Morgan fingerprint density at radius 1 is 1.45 bits per heavy atom. The first kappa shape index (κ1) is 15.2. The number of nitrogens with one attached hydrogen (secondary N) is 1. The molecule has 0 bridgehead atoms. The van der Waals surface area contributed by atoms with Gasteiger partial charge in [-0.05, 0) is 63.7 Å². The first-order valence-electron chi connectivity index (χ1n) is 7.88. The molecule has 2 rings (SSSR count). The molecular weight excluding hydrogens is 248 g/mol. The quantitative estimate of drug-likeness (QED) is 0.862. The van der Waals surface area contributed by atoms with E-state index in [1.807, 2.05) is 19.1 Å². The highest BCUT2D eigenvalue weighted by Crippen LogP contribution is 2.25. The smallest absolute Gasteiger partial charge is 0.120 e. The van der Waals surface area contributed by atoms with Gasteiger partial charge in [-0.2, -0.15) is 0 Å². The van der Waals surface area contributed by atoms with Gasteiger partial charge in [0.05, 0.1) is 0 Å². The van der Waals surface area contributed by atoms with Gasteiger partial charge >= 0.3 is 0 Å². The summed E-state index contributed by atoms with van der Waals surface area (Å²) in [5.41, 5.74) is 1.95. The summed E-state index contributed by atoms with van der Waals surface area (Å²) < 4.78 is 0. The summed E-state index contributed by atoms with van der Waals surface area (Å²) in [5, 5.41) is 13.3.